The van der Waals surface area contributed by atoms with E-state index < -0.39 is 0 Å². The molecule has 2 N–H and O–H groups in total. The van der Waals surface area contributed by atoms with Crippen LogP contribution in [0.3, 0.4) is 0 Å². The highest BCUT2D eigenvalue weighted by atomic mass is 16.5. The molecule has 0 unspecified atom stereocenters. The summed E-state index contributed by atoms with van der Waals surface area (Å²) >= 11 is 0. The number of rotatable bonds is 7. The number of nitrogens with zero attached hydrogens (tertiary/aromatic N) is 2. The van der Waals surface area contributed by atoms with Gasteiger partial charge in [0.05, 0.1) is 6.04 Å². The van der Waals surface area contributed by atoms with Crippen LogP contribution >= 0.6 is 0 Å². The van der Waals surface area contributed by atoms with Crippen LogP contribution in [0.15, 0.2) is 84.1 Å². The molecule has 28 heavy (non-hydrogen) atoms. The lowest BCUT2D eigenvalue weighted by Gasteiger charge is -2.11. The molecule has 3 aromatic rings. The van der Waals surface area contributed by atoms with Gasteiger partial charge in [-0.25, -0.2) is 0 Å². The van der Waals surface area contributed by atoms with Gasteiger partial charge in [0.2, 0.25) is 0 Å². The fraction of sp³-hybridized carbons (Fsp3) is 0.167. The second-order valence-corrected chi connectivity index (χ2v) is 6.87. The third-order valence-electron chi connectivity index (χ3n) is 4.66. The predicted octanol–water partition coefficient (Wildman–Crippen LogP) is 4.72. The summed E-state index contributed by atoms with van der Waals surface area (Å²) in [5, 5.41) is 0. The lowest BCUT2D eigenvalue weighted by Crippen LogP contribution is -2.03. The Hall–Kier alpha value is -3.40. The number of aromatic nitrogens is 1. The second-order valence-electron chi connectivity index (χ2n) is 6.87. The van der Waals surface area contributed by atoms with Gasteiger partial charge in [0.15, 0.2) is 0 Å². The van der Waals surface area contributed by atoms with Crippen molar-refractivity contribution in [2.24, 2.45) is 10.7 Å². The van der Waals surface area contributed by atoms with Gasteiger partial charge in [-0.05, 0) is 65.9 Å². The zero-order valence-electron chi connectivity index (χ0n) is 15.7. The topological polar surface area (TPSA) is 60.5 Å². The van der Waals surface area contributed by atoms with Crippen molar-refractivity contribution < 1.29 is 4.74 Å². The van der Waals surface area contributed by atoms with E-state index in [2.05, 4.69) is 22.1 Å². The molecule has 140 valence electrons. The lowest BCUT2D eigenvalue weighted by molar-refractivity contribution is 0.306. The highest BCUT2D eigenvalue weighted by Gasteiger charge is 2.19. The fourth-order valence-electron chi connectivity index (χ4n) is 2.86. The van der Waals surface area contributed by atoms with E-state index in [4.69, 9.17) is 10.5 Å². The van der Waals surface area contributed by atoms with Gasteiger partial charge in [-0.1, -0.05) is 30.3 Å². The number of pyridine rings is 1. The molecular weight excluding hydrogens is 346 g/mol. The number of aliphatic imine (C=N–C) groups is 1. The maximum absolute atomic E-state index is 6.52. The molecule has 0 atom stereocenters. The van der Waals surface area contributed by atoms with Crippen LogP contribution in [0, 0.1) is 0 Å². The van der Waals surface area contributed by atoms with Crippen molar-refractivity contribution in [3.05, 3.63) is 95.8 Å². The van der Waals surface area contributed by atoms with Crippen molar-refractivity contribution in [3.63, 3.8) is 0 Å². The predicted molar refractivity (Wildman–Crippen MR) is 114 cm³/mol. The van der Waals surface area contributed by atoms with Crippen molar-refractivity contribution in [2.75, 3.05) is 0 Å². The molecule has 1 aliphatic rings. The molecule has 0 aliphatic heterocycles. The Morgan fingerprint density at radius 1 is 0.964 bits per heavy atom. The van der Waals surface area contributed by atoms with Gasteiger partial charge in [-0.3, -0.25) is 9.98 Å². The first-order chi connectivity index (χ1) is 13.8. The average Bonchev–Trinajstić information content (AvgIpc) is 3.59. The highest BCUT2D eigenvalue weighted by molar-refractivity contribution is 6.18. The Bertz CT molecular complexity index is 960. The standard InChI is InChI=1S/C24H23N3O/c25-24(23(16-27-21-8-9-21)19-12-14-26-15-13-19)20-6-10-22(11-7-20)28-17-18-4-2-1-3-5-18/h1-7,10-16,21H,8-9,17,25H2/b24-23+,27-16?. The summed E-state index contributed by atoms with van der Waals surface area (Å²) in [6.45, 7) is 0.543. The molecule has 4 nitrogen and oxygen atoms in total. The molecule has 1 fully saturated rings. The lowest BCUT2D eigenvalue weighted by atomic mass is 10.0. The van der Waals surface area contributed by atoms with Crippen LogP contribution in [0.5, 0.6) is 5.75 Å². The second kappa shape index (κ2) is 8.53. The van der Waals surface area contributed by atoms with Crippen LogP contribution in [0.1, 0.15) is 29.5 Å². The summed E-state index contributed by atoms with van der Waals surface area (Å²) in [7, 11) is 0. The molecule has 4 heteroatoms. The molecule has 0 spiro atoms. The number of hydrogen-bond donors (Lipinski definition) is 1. The zero-order chi connectivity index (χ0) is 19.2. The van der Waals surface area contributed by atoms with Crippen molar-refractivity contribution in [1.82, 2.24) is 4.98 Å². The first-order valence-electron chi connectivity index (χ1n) is 9.50. The number of hydrogen-bond acceptors (Lipinski definition) is 4. The SMILES string of the molecule is N/C(=C(\C=NC1CC1)c1ccncc1)c1ccc(OCc2ccccc2)cc1. The molecule has 0 amide bonds. The Kier molecular flexibility index (Phi) is 5.48. The molecule has 0 saturated heterocycles. The molecule has 1 aromatic heterocycles. The first kappa shape index (κ1) is 18.0. The normalized spacial score (nSPS) is 14.7. The molecule has 4 rings (SSSR count). The van der Waals surface area contributed by atoms with Crippen molar-refractivity contribution in [1.29, 1.82) is 0 Å². The molecule has 0 bridgehead atoms. The van der Waals surface area contributed by atoms with E-state index in [1.807, 2.05) is 60.8 Å². The maximum atomic E-state index is 6.52. The monoisotopic (exact) mass is 369 g/mol. The minimum atomic E-state index is 0.443. The van der Waals surface area contributed by atoms with E-state index in [9.17, 15) is 0 Å². The number of allylic oxidation sites excluding steroid dienone is 1. The Labute approximate surface area is 165 Å². The van der Waals surface area contributed by atoms with Gasteiger partial charge < -0.3 is 10.5 Å². The van der Waals surface area contributed by atoms with Crippen molar-refractivity contribution in [3.8, 4) is 5.75 Å². The summed E-state index contributed by atoms with van der Waals surface area (Å²) < 4.78 is 5.87. The number of ether oxygens (including phenoxy) is 1. The van der Waals surface area contributed by atoms with E-state index in [0.717, 1.165) is 40.9 Å². The molecule has 1 heterocycles. The molecule has 2 aromatic carbocycles. The summed E-state index contributed by atoms with van der Waals surface area (Å²) in [6, 6.07) is 22.4. The largest absolute Gasteiger partial charge is 0.489 e. The van der Waals surface area contributed by atoms with E-state index >= 15 is 0 Å². The molecule has 0 radical (unpaired) electrons. The Balaban J connectivity index is 1.54. The van der Waals surface area contributed by atoms with Crippen LogP contribution in [-0.4, -0.2) is 17.2 Å². The van der Waals surface area contributed by atoms with E-state index in [-0.39, 0.29) is 0 Å². The highest BCUT2D eigenvalue weighted by Crippen LogP contribution is 2.27. The number of benzene rings is 2. The van der Waals surface area contributed by atoms with Crippen molar-refractivity contribution in [2.45, 2.75) is 25.5 Å². The van der Waals surface area contributed by atoms with Gasteiger partial charge in [0, 0.05) is 29.9 Å². The quantitative estimate of drug-likeness (QED) is 0.613. The van der Waals surface area contributed by atoms with Gasteiger partial charge in [-0.15, -0.1) is 0 Å². The Morgan fingerprint density at radius 3 is 2.36 bits per heavy atom. The van der Waals surface area contributed by atoms with Crippen LogP contribution in [0.2, 0.25) is 0 Å². The molecule has 1 aliphatic carbocycles. The van der Waals surface area contributed by atoms with Crippen LogP contribution in [-0.2, 0) is 6.61 Å². The van der Waals surface area contributed by atoms with Gasteiger partial charge >= 0.3 is 0 Å². The van der Waals surface area contributed by atoms with E-state index in [1.54, 1.807) is 12.4 Å². The Morgan fingerprint density at radius 2 is 1.68 bits per heavy atom. The summed E-state index contributed by atoms with van der Waals surface area (Å²) in [4.78, 5) is 8.73. The van der Waals surface area contributed by atoms with E-state index in [1.165, 1.54) is 0 Å². The average molecular weight is 369 g/mol. The zero-order valence-corrected chi connectivity index (χ0v) is 15.7. The van der Waals surface area contributed by atoms with Crippen LogP contribution in [0.25, 0.3) is 11.3 Å². The van der Waals surface area contributed by atoms with Gasteiger partial charge in [0.1, 0.15) is 12.4 Å². The summed E-state index contributed by atoms with van der Waals surface area (Å²) in [5.41, 5.74) is 11.2. The first-order valence-corrected chi connectivity index (χ1v) is 9.50. The third kappa shape index (κ3) is 4.65. The van der Waals surface area contributed by atoms with Gasteiger partial charge in [-0.2, -0.15) is 0 Å². The number of nitrogens with two attached hydrogens (primary N) is 1. The molecular formula is C24H23N3O. The van der Waals surface area contributed by atoms with Crippen LogP contribution in [0.4, 0.5) is 0 Å². The van der Waals surface area contributed by atoms with Crippen molar-refractivity contribution >= 4 is 17.5 Å². The summed E-state index contributed by atoms with van der Waals surface area (Å²) in [5.74, 6) is 0.817. The minimum Gasteiger partial charge on any atom is -0.489 e. The maximum Gasteiger partial charge on any atom is 0.119 e. The smallest absolute Gasteiger partial charge is 0.119 e. The molecule has 1 saturated carbocycles. The third-order valence-corrected chi connectivity index (χ3v) is 4.66. The van der Waals surface area contributed by atoms with Gasteiger partial charge in [0.25, 0.3) is 0 Å². The minimum absolute atomic E-state index is 0.443. The summed E-state index contributed by atoms with van der Waals surface area (Å²) in [6.07, 6.45) is 7.77. The van der Waals surface area contributed by atoms with Crippen LogP contribution < -0.4 is 10.5 Å². The fourth-order valence-corrected chi connectivity index (χ4v) is 2.86. The van der Waals surface area contributed by atoms with E-state index in [0.29, 0.717) is 18.3 Å².